The molecule has 1 aromatic rings. The van der Waals surface area contributed by atoms with Crippen LogP contribution < -0.4 is 75.3 Å². The molecular weight excluding hydrogens is 839 g/mol. The van der Waals surface area contributed by atoms with Gasteiger partial charge in [-0.2, -0.15) is 0 Å². The molecule has 0 spiro atoms. The maximum Gasteiger partial charge on any atom is 1.00 e. The fourth-order valence-electron chi connectivity index (χ4n) is 7.97. The first kappa shape index (κ1) is 63.4. The number of aliphatic carboxylic acids is 1. The van der Waals surface area contributed by atoms with E-state index in [1.165, 1.54) is 77.0 Å². The van der Waals surface area contributed by atoms with Crippen molar-refractivity contribution in [2.45, 2.75) is 217 Å². The van der Waals surface area contributed by atoms with Gasteiger partial charge in [0.2, 0.25) is 11.8 Å². The second kappa shape index (κ2) is 37.3. The van der Waals surface area contributed by atoms with Crippen molar-refractivity contribution in [1.82, 2.24) is 5.32 Å². The maximum atomic E-state index is 13.6. The second-order valence-corrected chi connectivity index (χ2v) is 18.3. The average molecular weight is 923 g/mol. The topological polar surface area (TPSA) is 210 Å². The van der Waals surface area contributed by atoms with Gasteiger partial charge in [0.05, 0.1) is 18.8 Å². The minimum Gasteiger partial charge on any atom is -0.550 e. The number of carboxylic acids is 1. The second-order valence-electron chi connectivity index (χ2n) is 18.3. The molecule has 0 bridgehead atoms. The first-order valence-corrected chi connectivity index (χ1v) is 23.9. The Morgan fingerprint density at radius 2 is 1.36 bits per heavy atom. The number of unbranched alkanes of at least 4 members (excludes halogenated alkanes) is 15. The molecule has 0 saturated carbocycles. The normalized spacial score (nSPS) is 20.6. The van der Waals surface area contributed by atoms with E-state index in [1.807, 2.05) is 30.3 Å². The fraction of sp³-hybridized carbons (Fsp3) is 0.796. The molecule has 358 valence electrons. The van der Waals surface area contributed by atoms with Crippen LogP contribution >= 0.6 is 0 Å². The molecule has 2 rings (SSSR count). The van der Waals surface area contributed by atoms with Gasteiger partial charge in [0.25, 0.3) is 0 Å². The molecule has 9 unspecified atom stereocenters. The molecule has 0 aromatic heterocycles. The molecule has 1 aromatic carbocycles. The molecule has 9 atom stereocenters. The van der Waals surface area contributed by atoms with Crippen molar-refractivity contribution in [1.29, 1.82) is 0 Å². The third kappa shape index (κ3) is 28.0. The number of aliphatic hydroxyl groups is 3. The number of rotatable bonds is 37. The molecule has 6 N–H and O–H groups in total. The molecule has 2 amide bonds. The summed E-state index contributed by atoms with van der Waals surface area (Å²) in [4.78, 5) is 38.9. The van der Waals surface area contributed by atoms with Crippen molar-refractivity contribution >= 4 is 17.8 Å². The van der Waals surface area contributed by atoms with Gasteiger partial charge < -0.3 is 62.1 Å². The number of benzene rings is 1. The molecule has 13 nitrogen and oxygen atoms in total. The number of carboxylic acid groups (broad SMARTS) is 1. The van der Waals surface area contributed by atoms with Crippen LogP contribution in [0.5, 0.6) is 0 Å². The first-order chi connectivity index (χ1) is 29.7. The number of ether oxygens (including phenoxy) is 4. The van der Waals surface area contributed by atoms with Crippen molar-refractivity contribution in [3.05, 3.63) is 42.8 Å². The van der Waals surface area contributed by atoms with E-state index in [0.29, 0.717) is 19.4 Å². The summed E-state index contributed by atoms with van der Waals surface area (Å²) in [7, 11) is 0. The molecule has 1 saturated heterocycles. The SMILES string of the molecule is [CH2-]C(C)(C)NC(=O)C(CCC(CCc1ccccc1)C(=O)[O-])CC(OC1C(O)C(CCOC(C)CO)OC(OCCCCCCCCCCCCCCCCCC)C1O)C(N)=O.[Na+].[Na+]. The molecule has 1 aliphatic rings. The Bertz CT molecular complexity index is 1340. The summed E-state index contributed by atoms with van der Waals surface area (Å²) < 4.78 is 23.9. The number of hydrogen-bond donors (Lipinski definition) is 5. The molecule has 1 aliphatic heterocycles. The van der Waals surface area contributed by atoms with Gasteiger partial charge in [-0.25, -0.2) is 0 Å². The van der Waals surface area contributed by atoms with E-state index in [2.05, 4.69) is 19.2 Å². The van der Waals surface area contributed by atoms with E-state index in [9.17, 15) is 34.8 Å². The van der Waals surface area contributed by atoms with E-state index in [-0.39, 0.29) is 98.0 Å². The largest absolute Gasteiger partial charge is 1.00 e. The summed E-state index contributed by atoms with van der Waals surface area (Å²) in [5, 5.41) is 47.5. The van der Waals surface area contributed by atoms with Gasteiger partial charge in [0.1, 0.15) is 24.4 Å². The summed E-state index contributed by atoms with van der Waals surface area (Å²) >= 11 is 0. The van der Waals surface area contributed by atoms with Crippen LogP contribution in [0.2, 0.25) is 0 Å². The van der Waals surface area contributed by atoms with Gasteiger partial charge in [0, 0.05) is 25.1 Å². The van der Waals surface area contributed by atoms with Gasteiger partial charge in [-0.3, -0.25) is 9.59 Å². The zero-order valence-corrected chi connectivity index (χ0v) is 44.7. The zero-order chi connectivity index (χ0) is 45.8. The van der Waals surface area contributed by atoms with E-state index in [0.717, 1.165) is 31.2 Å². The quantitative estimate of drug-likeness (QED) is 0.0348. The molecule has 1 fully saturated rings. The molecule has 64 heavy (non-hydrogen) atoms. The maximum absolute atomic E-state index is 13.6. The number of amides is 2. The Labute approximate surface area is 430 Å². The van der Waals surface area contributed by atoms with Crippen LogP contribution in [0.3, 0.4) is 0 Å². The monoisotopic (exact) mass is 923 g/mol. The Balaban J connectivity index is 0.0000198. The van der Waals surface area contributed by atoms with Crippen molar-refractivity contribution in [3.8, 4) is 0 Å². The van der Waals surface area contributed by atoms with E-state index in [1.54, 1.807) is 20.8 Å². The number of aryl methyl sites for hydroxylation is 1. The van der Waals surface area contributed by atoms with Crippen molar-refractivity contribution in [3.63, 3.8) is 0 Å². The van der Waals surface area contributed by atoms with E-state index < -0.39 is 78.1 Å². The molecule has 0 radical (unpaired) electrons. The van der Waals surface area contributed by atoms with Crippen LogP contribution in [-0.4, -0.2) is 101 Å². The molecular formula is C49H84N2Na2O11. The molecule has 15 heteroatoms. The van der Waals surface area contributed by atoms with Crippen molar-refractivity contribution in [2.24, 2.45) is 17.6 Å². The Morgan fingerprint density at radius 1 is 0.828 bits per heavy atom. The Morgan fingerprint density at radius 3 is 1.86 bits per heavy atom. The minimum atomic E-state index is -1.52. The van der Waals surface area contributed by atoms with Crippen molar-refractivity contribution in [2.75, 3.05) is 19.8 Å². The van der Waals surface area contributed by atoms with Gasteiger partial charge >= 0.3 is 59.1 Å². The number of carbonyl (C=O) groups is 3. The first-order valence-electron chi connectivity index (χ1n) is 23.9. The number of nitrogens with one attached hydrogen (secondary N) is 1. The summed E-state index contributed by atoms with van der Waals surface area (Å²) in [6.45, 7) is 11.5. The fourth-order valence-corrected chi connectivity index (χ4v) is 7.97. The van der Waals surface area contributed by atoms with Gasteiger partial charge in [-0.05, 0) is 63.4 Å². The van der Waals surface area contributed by atoms with Gasteiger partial charge in [-0.15, -0.1) is 0 Å². The van der Waals surface area contributed by atoms with Gasteiger partial charge in [-0.1, -0.05) is 153 Å². The summed E-state index contributed by atoms with van der Waals surface area (Å²) in [5.41, 5.74) is 5.95. The summed E-state index contributed by atoms with van der Waals surface area (Å²) in [6, 6.07) is 9.47. The van der Waals surface area contributed by atoms with Crippen LogP contribution in [0.15, 0.2) is 30.3 Å². The van der Waals surface area contributed by atoms with Crippen molar-refractivity contribution < 1.29 is 113 Å². The number of primary amides is 1. The van der Waals surface area contributed by atoms with Crippen LogP contribution in [-0.2, 0) is 39.8 Å². The zero-order valence-electron chi connectivity index (χ0n) is 40.7. The number of hydrogen-bond acceptors (Lipinski definition) is 11. The minimum absolute atomic E-state index is 0. The third-order valence-electron chi connectivity index (χ3n) is 11.8. The van der Waals surface area contributed by atoms with E-state index in [4.69, 9.17) is 24.7 Å². The Kier molecular flexibility index (Phi) is 36.9. The summed E-state index contributed by atoms with van der Waals surface area (Å²) in [5.74, 6) is -4.43. The number of aliphatic hydroxyl groups excluding tert-OH is 3. The van der Waals surface area contributed by atoms with Crippen LogP contribution in [0, 0.1) is 18.8 Å². The number of nitrogens with two attached hydrogens (primary N) is 1. The number of carbonyl (C=O) groups excluding carboxylic acids is 3. The van der Waals surface area contributed by atoms with E-state index >= 15 is 0 Å². The summed E-state index contributed by atoms with van der Waals surface area (Å²) in [6.07, 6.45) is 12.2. The van der Waals surface area contributed by atoms with Crippen LogP contribution in [0.1, 0.15) is 168 Å². The van der Waals surface area contributed by atoms with Crippen LogP contribution in [0.4, 0.5) is 0 Å². The van der Waals surface area contributed by atoms with Crippen LogP contribution in [0.25, 0.3) is 0 Å². The third-order valence-corrected chi connectivity index (χ3v) is 11.8. The predicted octanol–water partition coefficient (Wildman–Crippen LogP) is 0.260. The van der Waals surface area contributed by atoms with Gasteiger partial charge in [0.15, 0.2) is 6.29 Å². The predicted molar refractivity (Wildman–Crippen MR) is 239 cm³/mol. The standard InChI is InChI=1S/C49H85N2O11.2Na/c1-6-7-8-9-10-11-12-13-14-15-16-17-18-19-20-24-32-60-48-43(54)44(42(53)40(62-48)31-33-59-36(2)35-52)61-41(45(50)55)34-39(46(56)51-49(3,4)5)30-29-38(47(57)58)28-27-37-25-22-21-23-26-37;;/h21-23,25-26,36,38-44,48,52-54H,3,6-20,24,27-35H2,1-2,4-5H3,(H2,50,55)(H,51,56)(H,57,58);;/q-1;2*+1/p-1. The average Bonchev–Trinajstić information content (AvgIpc) is 3.22. The Hall–Kier alpha value is -0.650. The smallest absolute Gasteiger partial charge is 0.550 e. The molecule has 0 aliphatic carbocycles. The molecule has 1 heterocycles.